The van der Waals surface area contributed by atoms with E-state index in [1.54, 1.807) is 18.2 Å². The van der Waals surface area contributed by atoms with Gasteiger partial charge in [0.1, 0.15) is 12.4 Å². The van der Waals surface area contributed by atoms with Crippen molar-refractivity contribution in [3.8, 4) is 5.75 Å². The minimum Gasteiger partial charge on any atom is -0.492 e. The molecule has 15 heavy (non-hydrogen) atoms. The molecule has 0 radical (unpaired) electrons. The molecular formula is C10H12ClNO3. The summed E-state index contributed by atoms with van der Waals surface area (Å²) in [6.45, 7) is 2.10. The van der Waals surface area contributed by atoms with Crippen molar-refractivity contribution < 1.29 is 14.6 Å². The van der Waals surface area contributed by atoms with Crippen LogP contribution < -0.4 is 10.1 Å². The second-order valence-corrected chi connectivity index (χ2v) is 3.15. The molecule has 0 atom stereocenters. The molecule has 4 nitrogen and oxygen atoms in total. The number of ether oxygens (including phenoxy) is 1. The van der Waals surface area contributed by atoms with Crippen molar-refractivity contribution in [3.05, 3.63) is 29.3 Å². The Balaban J connectivity index is 0.00000112. The number of benzene rings is 1. The third-order valence-corrected chi connectivity index (χ3v) is 2.17. The number of aromatic carboxylic acids is 1. The molecular weight excluding hydrogens is 218 g/mol. The largest absolute Gasteiger partial charge is 0.492 e. The maximum Gasteiger partial charge on any atom is 0.335 e. The van der Waals surface area contributed by atoms with E-state index in [0.717, 1.165) is 18.7 Å². The molecule has 2 rings (SSSR count). The molecule has 82 valence electrons. The maximum absolute atomic E-state index is 10.7. The fraction of sp³-hybridized carbons (Fsp3) is 0.300. The molecule has 5 heteroatoms. The van der Waals surface area contributed by atoms with Crippen LogP contribution in [0.15, 0.2) is 18.2 Å². The lowest BCUT2D eigenvalue weighted by molar-refractivity contribution is 0.0696. The van der Waals surface area contributed by atoms with Gasteiger partial charge in [-0.05, 0) is 12.1 Å². The molecule has 1 heterocycles. The van der Waals surface area contributed by atoms with Crippen LogP contribution in [0.3, 0.4) is 0 Å². The average molecular weight is 230 g/mol. The van der Waals surface area contributed by atoms with Gasteiger partial charge in [-0.2, -0.15) is 0 Å². The first kappa shape index (κ1) is 11.8. The SMILES string of the molecule is Cl.O=C(O)c1ccc2c(c1)OCCNC2. The van der Waals surface area contributed by atoms with Gasteiger partial charge in [0.15, 0.2) is 0 Å². The molecule has 0 spiro atoms. The highest BCUT2D eigenvalue weighted by molar-refractivity contribution is 5.88. The summed E-state index contributed by atoms with van der Waals surface area (Å²) in [5.74, 6) is -0.247. The van der Waals surface area contributed by atoms with Crippen LogP contribution in [0.2, 0.25) is 0 Å². The van der Waals surface area contributed by atoms with Crippen LogP contribution in [-0.2, 0) is 6.54 Å². The Hall–Kier alpha value is -1.26. The molecule has 0 fully saturated rings. The zero-order valence-electron chi connectivity index (χ0n) is 8.03. The molecule has 2 N–H and O–H groups in total. The molecule has 0 aromatic heterocycles. The van der Waals surface area contributed by atoms with E-state index in [-0.39, 0.29) is 18.0 Å². The summed E-state index contributed by atoms with van der Waals surface area (Å²) in [5, 5.41) is 12.0. The van der Waals surface area contributed by atoms with Crippen LogP contribution in [0.1, 0.15) is 15.9 Å². The van der Waals surface area contributed by atoms with Gasteiger partial charge in [-0.15, -0.1) is 12.4 Å². The van der Waals surface area contributed by atoms with Crippen molar-refractivity contribution in [2.75, 3.05) is 13.2 Å². The monoisotopic (exact) mass is 229 g/mol. The van der Waals surface area contributed by atoms with Gasteiger partial charge in [0.25, 0.3) is 0 Å². The standard InChI is InChI=1S/C10H11NO3.ClH/c12-10(13)7-1-2-8-6-11-3-4-14-9(8)5-7;/h1-2,5,11H,3-4,6H2,(H,12,13);1H. The fourth-order valence-corrected chi connectivity index (χ4v) is 1.42. The Labute approximate surface area is 93.7 Å². The second kappa shape index (κ2) is 5.00. The molecule has 0 saturated carbocycles. The Kier molecular flexibility index (Phi) is 3.94. The zero-order chi connectivity index (χ0) is 9.97. The lowest BCUT2D eigenvalue weighted by atomic mass is 10.1. The Bertz CT molecular complexity index is 368. The molecule has 1 aliphatic heterocycles. The second-order valence-electron chi connectivity index (χ2n) is 3.15. The summed E-state index contributed by atoms with van der Waals surface area (Å²) in [5.41, 5.74) is 1.28. The number of fused-ring (bicyclic) bond motifs is 1. The number of nitrogens with one attached hydrogen (secondary N) is 1. The number of halogens is 1. The van der Waals surface area contributed by atoms with Crippen molar-refractivity contribution >= 4 is 18.4 Å². The lowest BCUT2D eigenvalue weighted by Crippen LogP contribution is -2.16. The van der Waals surface area contributed by atoms with Gasteiger partial charge < -0.3 is 15.2 Å². The van der Waals surface area contributed by atoms with Crippen molar-refractivity contribution in [1.29, 1.82) is 0 Å². The van der Waals surface area contributed by atoms with Gasteiger partial charge in [-0.1, -0.05) is 6.07 Å². The van der Waals surface area contributed by atoms with Gasteiger partial charge in [-0.25, -0.2) is 4.79 Å². The van der Waals surface area contributed by atoms with Crippen molar-refractivity contribution in [2.45, 2.75) is 6.54 Å². The highest BCUT2D eigenvalue weighted by Crippen LogP contribution is 2.21. The van der Waals surface area contributed by atoms with E-state index < -0.39 is 5.97 Å². The first-order valence-corrected chi connectivity index (χ1v) is 4.47. The van der Waals surface area contributed by atoms with Crippen LogP contribution in [-0.4, -0.2) is 24.2 Å². The van der Waals surface area contributed by atoms with Crippen LogP contribution in [0.5, 0.6) is 5.75 Å². The molecule has 0 amide bonds. The minimum absolute atomic E-state index is 0. The number of rotatable bonds is 1. The summed E-state index contributed by atoms with van der Waals surface area (Å²) >= 11 is 0. The predicted octanol–water partition coefficient (Wildman–Crippen LogP) is 1.29. The maximum atomic E-state index is 10.7. The van der Waals surface area contributed by atoms with Gasteiger partial charge in [-0.3, -0.25) is 0 Å². The molecule has 1 aliphatic rings. The summed E-state index contributed by atoms with van der Waals surface area (Å²) in [6, 6.07) is 4.96. The Morgan fingerprint density at radius 1 is 1.47 bits per heavy atom. The highest BCUT2D eigenvalue weighted by atomic mass is 35.5. The molecule has 0 saturated heterocycles. The number of hydrogen-bond acceptors (Lipinski definition) is 3. The van der Waals surface area contributed by atoms with E-state index in [1.165, 1.54) is 0 Å². The molecule has 0 bridgehead atoms. The fourth-order valence-electron chi connectivity index (χ4n) is 1.42. The smallest absolute Gasteiger partial charge is 0.335 e. The van der Waals surface area contributed by atoms with Crippen LogP contribution >= 0.6 is 12.4 Å². The summed E-state index contributed by atoms with van der Waals surface area (Å²) in [4.78, 5) is 10.7. The Morgan fingerprint density at radius 2 is 2.27 bits per heavy atom. The number of carbonyl (C=O) groups is 1. The van der Waals surface area contributed by atoms with E-state index >= 15 is 0 Å². The molecule has 1 aromatic rings. The van der Waals surface area contributed by atoms with Crippen molar-refractivity contribution in [1.82, 2.24) is 5.32 Å². The third kappa shape index (κ3) is 2.61. The summed E-state index contributed by atoms with van der Waals surface area (Å²) in [7, 11) is 0. The van der Waals surface area contributed by atoms with E-state index in [1.807, 2.05) is 0 Å². The third-order valence-electron chi connectivity index (χ3n) is 2.17. The van der Waals surface area contributed by atoms with Crippen LogP contribution in [0.4, 0.5) is 0 Å². The van der Waals surface area contributed by atoms with E-state index in [2.05, 4.69) is 5.32 Å². The Morgan fingerprint density at radius 3 is 3.00 bits per heavy atom. The van der Waals surface area contributed by atoms with Crippen LogP contribution in [0.25, 0.3) is 0 Å². The van der Waals surface area contributed by atoms with Crippen molar-refractivity contribution in [2.24, 2.45) is 0 Å². The summed E-state index contributed by atoms with van der Waals surface area (Å²) < 4.78 is 5.41. The number of carboxylic acid groups (broad SMARTS) is 1. The van der Waals surface area contributed by atoms with Crippen molar-refractivity contribution in [3.63, 3.8) is 0 Å². The predicted molar refractivity (Wildman–Crippen MR) is 57.9 cm³/mol. The van der Waals surface area contributed by atoms with Gasteiger partial charge in [0, 0.05) is 18.7 Å². The summed E-state index contributed by atoms with van der Waals surface area (Å²) in [6.07, 6.45) is 0. The normalized spacial score (nSPS) is 14.1. The first-order valence-electron chi connectivity index (χ1n) is 4.47. The minimum atomic E-state index is -0.923. The lowest BCUT2D eigenvalue weighted by Gasteiger charge is -2.06. The molecule has 1 aromatic carbocycles. The van der Waals surface area contributed by atoms with Gasteiger partial charge >= 0.3 is 5.97 Å². The van der Waals surface area contributed by atoms with Crippen LogP contribution in [0, 0.1) is 0 Å². The average Bonchev–Trinajstić information content (AvgIpc) is 2.41. The van der Waals surface area contributed by atoms with E-state index in [4.69, 9.17) is 9.84 Å². The van der Waals surface area contributed by atoms with E-state index in [0.29, 0.717) is 12.4 Å². The highest BCUT2D eigenvalue weighted by Gasteiger charge is 2.11. The quantitative estimate of drug-likeness (QED) is 0.762. The molecule has 0 unspecified atom stereocenters. The first-order chi connectivity index (χ1) is 6.77. The number of carboxylic acids is 1. The topological polar surface area (TPSA) is 58.6 Å². The van der Waals surface area contributed by atoms with Gasteiger partial charge in [0.2, 0.25) is 0 Å². The molecule has 0 aliphatic carbocycles. The van der Waals surface area contributed by atoms with E-state index in [9.17, 15) is 4.79 Å². The zero-order valence-corrected chi connectivity index (χ0v) is 8.84. The van der Waals surface area contributed by atoms with Gasteiger partial charge in [0.05, 0.1) is 5.56 Å². The number of hydrogen-bond donors (Lipinski definition) is 2.